The molecule has 2 aliphatic rings. The molecule has 2 fully saturated rings. The number of aromatic nitrogens is 1. The number of ether oxygens (including phenoxy) is 1. The predicted octanol–water partition coefficient (Wildman–Crippen LogP) is 2.19. The number of carbonyl (C=O) groups is 1. The van der Waals surface area contributed by atoms with E-state index in [4.69, 9.17) is 4.74 Å². The van der Waals surface area contributed by atoms with Crippen LogP contribution >= 0.6 is 0 Å². The summed E-state index contributed by atoms with van der Waals surface area (Å²) in [5, 5.41) is 9.87. The van der Waals surface area contributed by atoms with Crippen molar-refractivity contribution in [1.29, 1.82) is 0 Å². The molecule has 1 saturated heterocycles. The third-order valence-corrected chi connectivity index (χ3v) is 5.75. The fourth-order valence-corrected chi connectivity index (χ4v) is 4.00. The normalized spacial score (nSPS) is 18.0. The lowest BCUT2D eigenvalue weighted by Gasteiger charge is -2.36. The Hall–Kier alpha value is -2.38. The molecule has 1 aromatic carbocycles. The van der Waals surface area contributed by atoms with Crippen LogP contribution in [-0.4, -0.2) is 67.0 Å². The van der Waals surface area contributed by atoms with Gasteiger partial charge in [-0.25, -0.2) is 4.79 Å². The fourth-order valence-electron chi connectivity index (χ4n) is 4.00. The molecule has 1 aliphatic heterocycles. The Labute approximate surface area is 164 Å². The van der Waals surface area contributed by atoms with E-state index in [1.165, 1.54) is 6.20 Å². The molecule has 1 aliphatic carbocycles. The maximum Gasteiger partial charge on any atom is 0.341 e. The van der Waals surface area contributed by atoms with E-state index in [1.807, 2.05) is 10.6 Å². The van der Waals surface area contributed by atoms with Gasteiger partial charge in [0.1, 0.15) is 5.56 Å². The summed E-state index contributed by atoms with van der Waals surface area (Å²) in [5.41, 5.74) is 1.41. The molecule has 0 radical (unpaired) electrons. The van der Waals surface area contributed by atoms with Gasteiger partial charge in [-0.2, -0.15) is 0 Å². The average Bonchev–Trinajstić information content (AvgIpc) is 3.54. The highest BCUT2D eigenvalue weighted by Gasteiger charge is 2.27. The minimum absolute atomic E-state index is 0.142. The van der Waals surface area contributed by atoms with Gasteiger partial charge < -0.3 is 19.3 Å². The van der Waals surface area contributed by atoms with Crippen LogP contribution in [0.5, 0.6) is 0 Å². The second kappa shape index (κ2) is 7.93. The van der Waals surface area contributed by atoms with E-state index < -0.39 is 11.4 Å². The first-order valence-electron chi connectivity index (χ1n) is 9.97. The minimum atomic E-state index is -1.16. The lowest BCUT2D eigenvalue weighted by molar-refractivity contribution is 0.0695. The number of benzene rings is 1. The van der Waals surface area contributed by atoms with Gasteiger partial charge in [-0.1, -0.05) is 0 Å². The summed E-state index contributed by atoms with van der Waals surface area (Å²) >= 11 is 0. The number of aromatic carboxylic acids is 1. The predicted molar refractivity (Wildman–Crippen MR) is 109 cm³/mol. The quantitative estimate of drug-likeness (QED) is 0.737. The lowest BCUT2D eigenvalue weighted by Crippen LogP contribution is -2.46. The third kappa shape index (κ3) is 3.77. The standard InChI is InChI=1S/C21H27N3O4/c1-28-12-2-7-22-8-10-23(11-9-22)16-5-6-17-19(13-16)24(15-3-4-15)14-18(20(17)25)21(26)27/h5-6,13-15H,2-4,7-12H2,1H3,(H,26,27). The number of carboxylic acid groups (broad SMARTS) is 1. The fraction of sp³-hybridized carbons (Fsp3) is 0.524. The van der Waals surface area contributed by atoms with Gasteiger partial charge in [0.05, 0.1) is 5.52 Å². The molecule has 0 atom stereocenters. The van der Waals surface area contributed by atoms with E-state index >= 15 is 0 Å². The van der Waals surface area contributed by atoms with Crippen molar-refractivity contribution in [2.45, 2.75) is 25.3 Å². The highest BCUT2D eigenvalue weighted by Crippen LogP contribution is 2.37. The minimum Gasteiger partial charge on any atom is -0.477 e. The van der Waals surface area contributed by atoms with Gasteiger partial charge in [0, 0.05) is 69.8 Å². The number of hydrogen-bond donors (Lipinski definition) is 1. The molecule has 0 bridgehead atoms. The van der Waals surface area contributed by atoms with Crippen LogP contribution in [0.15, 0.2) is 29.2 Å². The number of nitrogens with zero attached hydrogens (tertiary/aromatic N) is 3. The van der Waals surface area contributed by atoms with E-state index in [9.17, 15) is 14.7 Å². The summed E-state index contributed by atoms with van der Waals surface area (Å²) in [6, 6.07) is 6.10. The summed E-state index contributed by atoms with van der Waals surface area (Å²) in [5.74, 6) is -1.16. The SMILES string of the molecule is COCCCN1CCN(c2ccc3c(=O)c(C(=O)O)cn(C4CC4)c3c2)CC1. The zero-order valence-corrected chi connectivity index (χ0v) is 16.3. The van der Waals surface area contributed by atoms with Crippen molar-refractivity contribution < 1.29 is 14.6 Å². The zero-order chi connectivity index (χ0) is 19.7. The van der Waals surface area contributed by atoms with Crippen LogP contribution in [0.2, 0.25) is 0 Å². The van der Waals surface area contributed by atoms with E-state index in [-0.39, 0.29) is 5.56 Å². The molecular formula is C21H27N3O4. The third-order valence-electron chi connectivity index (χ3n) is 5.75. The highest BCUT2D eigenvalue weighted by atomic mass is 16.5. The lowest BCUT2D eigenvalue weighted by atomic mass is 10.1. The van der Waals surface area contributed by atoms with E-state index in [0.29, 0.717) is 11.4 Å². The summed E-state index contributed by atoms with van der Waals surface area (Å²) in [7, 11) is 1.73. The van der Waals surface area contributed by atoms with Crippen molar-refractivity contribution in [2.75, 3.05) is 51.3 Å². The highest BCUT2D eigenvalue weighted by molar-refractivity contribution is 5.93. The van der Waals surface area contributed by atoms with E-state index in [1.54, 1.807) is 13.2 Å². The van der Waals surface area contributed by atoms with Gasteiger partial charge in [0.15, 0.2) is 0 Å². The van der Waals surface area contributed by atoms with Crippen molar-refractivity contribution in [1.82, 2.24) is 9.47 Å². The molecule has 4 rings (SSSR count). The Morgan fingerprint density at radius 3 is 2.61 bits per heavy atom. The maximum atomic E-state index is 12.6. The first-order valence-corrected chi connectivity index (χ1v) is 9.97. The topological polar surface area (TPSA) is 75.0 Å². The number of piperazine rings is 1. The number of fused-ring (bicyclic) bond motifs is 1. The van der Waals surface area contributed by atoms with Gasteiger partial charge in [-0.3, -0.25) is 9.69 Å². The Kier molecular flexibility index (Phi) is 5.37. The Morgan fingerprint density at radius 2 is 1.96 bits per heavy atom. The van der Waals surface area contributed by atoms with Crippen molar-refractivity contribution >= 4 is 22.6 Å². The van der Waals surface area contributed by atoms with Gasteiger partial charge in [0.25, 0.3) is 0 Å². The van der Waals surface area contributed by atoms with Gasteiger partial charge in [-0.05, 0) is 37.5 Å². The Bertz CT molecular complexity index is 927. The van der Waals surface area contributed by atoms with Crippen LogP contribution in [-0.2, 0) is 4.74 Å². The molecule has 0 spiro atoms. The molecule has 0 amide bonds. The number of anilines is 1. The summed E-state index contributed by atoms with van der Waals surface area (Å²) in [6.45, 7) is 5.75. The van der Waals surface area contributed by atoms with Crippen molar-refractivity contribution in [3.63, 3.8) is 0 Å². The number of carboxylic acids is 1. The van der Waals surface area contributed by atoms with E-state index in [2.05, 4.69) is 15.9 Å². The molecule has 1 N–H and O–H groups in total. The maximum absolute atomic E-state index is 12.6. The summed E-state index contributed by atoms with van der Waals surface area (Å²) in [6.07, 6.45) is 4.64. The zero-order valence-electron chi connectivity index (χ0n) is 16.3. The summed E-state index contributed by atoms with van der Waals surface area (Å²) in [4.78, 5) is 28.9. The molecule has 150 valence electrons. The average molecular weight is 385 g/mol. The first-order chi connectivity index (χ1) is 13.6. The number of hydrogen-bond acceptors (Lipinski definition) is 5. The number of pyridine rings is 1. The summed E-state index contributed by atoms with van der Waals surface area (Å²) < 4.78 is 7.12. The molecule has 2 aromatic rings. The Balaban J connectivity index is 1.58. The largest absolute Gasteiger partial charge is 0.477 e. The van der Waals surface area contributed by atoms with Crippen molar-refractivity contribution in [2.24, 2.45) is 0 Å². The van der Waals surface area contributed by atoms with Crippen LogP contribution < -0.4 is 10.3 Å². The first kappa shape index (κ1) is 19.0. The van der Waals surface area contributed by atoms with Crippen LogP contribution in [0, 0.1) is 0 Å². The van der Waals surface area contributed by atoms with Crippen LogP contribution in [0.25, 0.3) is 10.9 Å². The molecule has 0 unspecified atom stereocenters. The molecule has 1 saturated carbocycles. The molecular weight excluding hydrogens is 358 g/mol. The van der Waals surface area contributed by atoms with Crippen LogP contribution in [0.4, 0.5) is 5.69 Å². The van der Waals surface area contributed by atoms with Crippen molar-refractivity contribution in [3.05, 3.63) is 40.2 Å². The van der Waals surface area contributed by atoms with Gasteiger partial charge >= 0.3 is 5.97 Å². The molecule has 28 heavy (non-hydrogen) atoms. The number of methoxy groups -OCH3 is 1. The smallest absolute Gasteiger partial charge is 0.341 e. The second-order valence-corrected chi connectivity index (χ2v) is 7.69. The molecule has 1 aromatic heterocycles. The van der Waals surface area contributed by atoms with Gasteiger partial charge in [-0.15, -0.1) is 0 Å². The van der Waals surface area contributed by atoms with E-state index in [0.717, 1.165) is 69.8 Å². The van der Waals surface area contributed by atoms with Crippen LogP contribution in [0.3, 0.4) is 0 Å². The molecule has 7 nitrogen and oxygen atoms in total. The second-order valence-electron chi connectivity index (χ2n) is 7.69. The van der Waals surface area contributed by atoms with Gasteiger partial charge in [0.2, 0.25) is 5.43 Å². The monoisotopic (exact) mass is 385 g/mol. The van der Waals surface area contributed by atoms with Crippen molar-refractivity contribution in [3.8, 4) is 0 Å². The van der Waals surface area contributed by atoms with Crippen LogP contribution in [0.1, 0.15) is 35.7 Å². The molecule has 2 heterocycles. The number of rotatable bonds is 7. The molecule has 7 heteroatoms. The Morgan fingerprint density at radius 1 is 1.21 bits per heavy atom.